The van der Waals surface area contributed by atoms with E-state index in [1.54, 1.807) is 24.3 Å². The van der Waals surface area contributed by atoms with Gasteiger partial charge in [0.15, 0.2) is 0 Å². The van der Waals surface area contributed by atoms with Gasteiger partial charge in [0.25, 0.3) is 10.0 Å². The van der Waals surface area contributed by atoms with E-state index in [2.05, 4.69) is 4.72 Å². The van der Waals surface area contributed by atoms with Gasteiger partial charge in [0, 0.05) is 17.8 Å². The second kappa shape index (κ2) is 5.60. The molecule has 0 amide bonds. The Kier molecular flexibility index (Phi) is 4.06. The summed E-state index contributed by atoms with van der Waals surface area (Å²) in [5, 5.41) is 0. The Balaban J connectivity index is 2.33. The van der Waals surface area contributed by atoms with E-state index >= 15 is 0 Å². The monoisotopic (exact) mass is 294 g/mol. The van der Waals surface area contributed by atoms with Gasteiger partial charge in [-0.15, -0.1) is 0 Å². The number of rotatable bonds is 4. The molecule has 0 atom stereocenters. The molecule has 0 aliphatic carbocycles. The molecule has 0 heterocycles. The van der Waals surface area contributed by atoms with Gasteiger partial charge in [0.1, 0.15) is 5.82 Å². The first-order valence-corrected chi connectivity index (χ1v) is 7.48. The van der Waals surface area contributed by atoms with Gasteiger partial charge in [0.2, 0.25) is 0 Å². The predicted molar refractivity (Wildman–Crippen MR) is 76.3 cm³/mol. The van der Waals surface area contributed by atoms with Crippen LogP contribution >= 0.6 is 0 Å². The maximum atomic E-state index is 13.3. The zero-order valence-electron chi connectivity index (χ0n) is 10.9. The van der Waals surface area contributed by atoms with Crippen molar-refractivity contribution in [1.29, 1.82) is 0 Å². The maximum Gasteiger partial charge on any atom is 0.261 e. The normalized spacial score (nSPS) is 11.3. The van der Waals surface area contributed by atoms with E-state index in [9.17, 15) is 12.8 Å². The molecule has 2 rings (SSSR count). The molecule has 3 N–H and O–H groups in total. The molecule has 0 saturated heterocycles. The van der Waals surface area contributed by atoms with Gasteiger partial charge >= 0.3 is 0 Å². The summed E-state index contributed by atoms with van der Waals surface area (Å²) in [5.41, 5.74) is 7.02. The van der Waals surface area contributed by atoms with Gasteiger partial charge < -0.3 is 5.73 Å². The fourth-order valence-corrected chi connectivity index (χ4v) is 2.82. The van der Waals surface area contributed by atoms with Crippen LogP contribution in [0, 0.1) is 12.7 Å². The second-order valence-electron chi connectivity index (χ2n) is 4.43. The number of hydrogen-bond acceptors (Lipinski definition) is 3. The molecule has 0 bridgehead atoms. The van der Waals surface area contributed by atoms with Crippen molar-refractivity contribution < 1.29 is 12.8 Å². The third-order valence-electron chi connectivity index (χ3n) is 2.85. The predicted octanol–water partition coefficient (Wildman–Crippen LogP) is 2.39. The Labute approximate surface area is 117 Å². The first kappa shape index (κ1) is 14.5. The van der Waals surface area contributed by atoms with Crippen LogP contribution in [0.5, 0.6) is 0 Å². The molecule has 0 fully saturated rings. The van der Waals surface area contributed by atoms with Crippen molar-refractivity contribution in [2.45, 2.75) is 18.4 Å². The molecule has 4 nitrogen and oxygen atoms in total. The summed E-state index contributed by atoms with van der Waals surface area (Å²) in [7, 11) is -3.75. The van der Waals surface area contributed by atoms with Crippen molar-refractivity contribution in [2.24, 2.45) is 5.73 Å². The number of aryl methyl sites for hydroxylation is 1. The van der Waals surface area contributed by atoms with Crippen LogP contribution in [0.3, 0.4) is 0 Å². The van der Waals surface area contributed by atoms with Crippen LogP contribution in [0.1, 0.15) is 11.1 Å². The van der Waals surface area contributed by atoms with Crippen LogP contribution in [0.15, 0.2) is 47.4 Å². The fraction of sp³-hybridized carbons (Fsp3) is 0.143. The molecule has 0 aliphatic rings. The third kappa shape index (κ3) is 3.15. The van der Waals surface area contributed by atoms with Crippen molar-refractivity contribution in [3.63, 3.8) is 0 Å². The minimum atomic E-state index is -3.75. The standard InChI is InChI=1S/C14H15FN2O2S/c1-10-2-4-12(5-3-10)17-20(18,19)13-6-7-14(15)11(8-13)9-16/h2-8,17H,9,16H2,1H3. The number of halogens is 1. The van der Waals surface area contributed by atoms with Crippen molar-refractivity contribution in [3.05, 3.63) is 59.4 Å². The third-order valence-corrected chi connectivity index (χ3v) is 4.23. The zero-order valence-corrected chi connectivity index (χ0v) is 11.7. The maximum absolute atomic E-state index is 13.3. The van der Waals surface area contributed by atoms with E-state index in [1.807, 2.05) is 6.92 Å². The Morgan fingerprint density at radius 2 is 1.80 bits per heavy atom. The molecule has 0 radical (unpaired) electrons. The Bertz CT molecular complexity index is 712. The quantitative estimate of drug-likeness (QED) is 0.909. The van der Waals surface area contributed by atoms with Crippen LogP contribution < -0.4 is 10.5 Å². The highest BCUT2D eigenvalue weighted by molar-refractivity contribution is 7.92. The smallest absolute Gasteiger partial charge is 0.261 e. The van der Waals surface area contributed by atoms with E-state index in [0.29, 0.717) is 5.69 Å². The van der Waals surface area contributed by atoms with E-state index in [-0.39, 0.29) is 17.0 Å². The van der Waals surface area contributed by atoms with Gasteiger partial charge in [-0.1, -0.05) is 17.7 Å². The van der Waals surface area contributed by atoms with Gasteiger partial charge in [-0.3, -0.25) is 4.72 Å². The summed E-state index contributed by atoms with van der Waals surface area (Å²) in [4.78, 5) is -0.0140. The number of benzene rings is 2. The number of anilines is 1. The van der Waals surface area contributed by atoms with Crippen molar-refractivity contribution in [2.75, 3.05) is 4.72 Å². The molecule has 0 spiro atoms. The molecule has 6 heteroatoms. The lowest BCUT2D eigenvalue weighted by Gasteiger charge is -2.09. The van der Waals surface area contributed by atoms with Crippen molar-refractivity contribution in [1.82, 2.24) is 0 Å². The molecule has 2 aromatic rings. The minimum Gasteiger partial charge on any atom is -0.326 e. The summed E-state index contributed by atoms with van der Waals surface area (Å²) in [6.45, 7) is 1.85. The molecular formula is C14H15FN2O2S. The first-order valence-electron chi connectivity index (χ1n) is 6.00. The lowest BCUT2D eigenvalue weighted by molar-refractivity contribution is 0.596. The lowest BCUT2D eigenvalue weighted by atomic mass is 10.2. The van der Waals surface area contributed by atoms with E-state index in [1.165, 1.54) is 12.1 Å². The van der Waals surface area contributed by atoms with Crippen LogP contribution in [0.2, 0.25) is 0 Å². The number of nitrogens with two attached hydrogens (primary N) is 1. The minimum absolute atomic E-state index is 0.0140. The largest absolute Gasteiger partial charge is 0.326 e. The molecule has 0 aromatic heterocycles. The summed E-state index contributed by atoms with van der Waals surface area (Å²) in [6.07, 6.45) is 0. The van der Waals surface area contributed by atoms with Crippen LogP contribution in [0.25, 0.3) is 0 Å². The second-order valence-corrected chi connectivity index (χ2v) is 6.11. The molecular weight excluding hydrogens is 279 g/mol. The highest BCUT2D eigenvalue weighted by Crippen LogP contribution is 2.19. The highest BCUT2D eigenvalue weighted by Gasteiger charge is 2.16. The van der Waals surface area contributed by atoms with E-state index < -0.39 is 15.8 Å². The van der Waals surface area contributed by atoms with E-state index in [4.69, 9.17) is 5.73 Å². The fourth-order valence-electron chi connectivity index (χ4n) is 1.71. The summed E-state index contributed by atoms with van der Waals surface area (Å²) in [5.74, 6) is -0.512. The van der Waals surface area contributed by atoms with Gasteiger partial charge in [-0.2, -0.15) is 0 Å². The van der Waals surface area contributed by atoms with Gasteiger partial charge in [0.05, 0.1) is 4.90 Å². The molecule has 2 aromatic carbocycles. The number of nitrogens with one attached hydrogen (secondary N) is 1. The molecule has 0 unspecified atom stereocenters. The molecule has 106 valence electrons. The van der Waals surface area contributed by atoms with Crippen LogP contribution in [0.4, 0.5) is 10.1 Å². The van der Waals surface area contributed by atoms with Crippen LogP contribution in [-0.4, -0.2) is 8.42 Å². The summed E-state index contributed by atoms with van der Waals surface area (Å²) >= 11 is 0. The van der Waals surface area contributed by atoms with Crippen molar-refractivity contribution >= 4 is 15.7 Å². The Morgan fingerprint density at radius 1 is 1.15 bits per heavy atom. The summed E-state index contributed by atoms with van der Waals surface area (Å²) in [6, 6.07) is 10.5. The lowest BCUT2D eigenvalue weighted by Crippen LogP contribution is -2.14. The summed E-state index contributed by atoms with van der Waals surface area (Å²) < 4.78 is 40.2. The Morgan fingerprint density at radius 3 is 2.40 bits per heavy atom. The van der Waals surface area contributed by atoms with Crippen LogP contribution in [-0.2, 0) is 16.6 Å². The molecule has 0 saturated carbocycles. The number of sulfonamides is 1. The highest BCUT2D eigenvalue weighted by atomic mass is 32.2. The Hall–Kier alpha value is -1.92. The zero-order chi connectivity index (χ0) is 14.8. The van der Waals surface area contributed by atoms with Gasteiger partial charge in [-0.05, 0) is 37.3 Å². The SMILES string of the molecule is Cc1ccc(NS(=O)(=O)c2ccc(F)c(CN)c2)cc1. The number of hydrogen-bond donors (Lipinski definition) is 2. The average Bonchev–Trinajstić information content (AvgIpc) is 2.41. The average molecular weight is 294 g/mol. The molecule has 0 aliphatic heterocycles. The topological polar surface area (TPSA) is 72.2 Å². The van der Waals surface area contributed by atoms with Gasteiger partial charge in [-0.25, -0.2) is 12.8 Å². The first-order chi connectivity index (χ1) is 9.42. The van der Waals surface area contributed by atoms with Crippen molar-refractivity contribution in [3.8, 4) is 0 Å². The molecule has 20 heavy (non-hydrogen) atoms. The van der Waals surface area contributed by atoms with E-state index in [0.717, 1.165) is 11.6 Å².